The number of halogens is 3. The summed E-state index contributed by atoms with van der Waals surface area (Å²) in [5, 5.41) is 14.2. The van der Waals surface area contributed by atoms with E-state index in [9.17, 15) is 18.3 Å². The third-order valence-corrected chi connectivity index (χ3v) is 2.82. The second-order valence-electron chi connectivity index (χ2n) is 4.48. The Morgan fingerprint density at radius 3 is 2.57 bits per heavy atom. The van der Waals surface area contributed by atoms with E-state index in [1.807, 2.05) is 30.3 Å². The van der Waals surface area contributed by atoms with Gasteiger partial charge in [-0.25, -0.2) is 4.68 Å². The van der Waals surface area contributed by atoms with Gasteiger partial charge in [-0.3, -0.25) is 0 Å². The number of alkyl halides is 3. The van der Waals surface area contributed by atoms with Crippen LogP contribution < -0.4 is 0 Å². The summed E-state index contributed by atoms with van der Waals surface area (Å²) in [6.07, 6.45) is -3.70. The predicted octanol–water partition coefficient (Wildman–Crippen LogP) is 2.87. The van der Waals surface area contributed by atoms with Gasteiger partial charge in [0, 0.05) is 19.2 Å². The predicted molar refractivity (Wildman–Crippen MR) is 70.0 cm³/mol. The number of aliphatic hydroxyl groups is 1. The van der Waals surface area contributed by atoms with Crippen LogP contribution in [0.3, 0.4) is 0 Å². The first-order valence-corrected chi connectivity index (χ1v) is 6.39. The molecule has 0 aliphatic carbocycles. The van der Waals surface area contributed by atoms with Crippen molar-refractivity contribution in [3.05, 3.63) is 48.3 Å². The van der Waals surface area contributed by atoms with Crippen molar-refractivity contribution >= 4 is 0 Å². The molecule has 0 amide bonds. The van der Waals surface area contributed by atoms with Gasteiger partial charge in [0.1, 0.15) is 6.61 Å². The third kappa shape index (κ3) is 4.57. The van der Waals surface area contributed by atoms with Crippen LogP contribution in [0.25, 0.3) is 5.69 Å². The fourth-order valence-electron chi connectivity index (χ4n) is 1.88. The van der Waals surface area contributed by atoms with Crippen molar-refractivity contribution in [2.24, 2.45) is 0 Å². The Kier molecular flexibility index (Phi) is 4.98. The Morgan fingerprint density at radius 2 is 1.90 bits per heavy atom. The quantitative estimate of drug-likeness (QED) is 0.835. The van der Waals surface area contributed by atoms with E-state index in [0.29, 0.717) is 5.69 Å². The molecule has 2 aromatic rings. The maximum absolute atomic E-state index is 11.9. The van der Waals surface area contributed by atoms with E-state index in [1.165, 1.54) is 6.20 Å². The van der Waals surface area contributed by atoms with Gasteiger partial charge in [-0.15, -0.1) is 0 Å². The second-order valence-corrected chi connectivity index (χ2v) is 4.48. The van der Waals surface area contributed by atoms with Gasteiger partial charge in [0.15, 0.2) is 0 Å². The molecule has 4 nitrogen and oxygen atoms in total. The van der Waals surface area contributed by atoms with Crippen molar-refractivity contribution in [2.45, 2.75) is 18.7 Å². The molecule has 1 aromatic carbocycles. The van der Waals surface area contributed by atoms with Crippen LogP contribution in [0.2, 0.25) is 0 Å². The Bertz CT molecular complexity index is 555. The van der Waals surface area contributed by atoms with Crippen molar-refractivity contribution in [3.8, 4) is 5.69 Å². The highest BCUT2D eigenvalue weighted by atomic mass is 19.4. The highest BCUT2D eigenvalue weighted by molar-refractivity contribution is 5.32. The molecule has 0 fully saturated rings. The molecule has 1 heterocycles. The molecule has 2 rings (SSSR count). The smallest absolute Gasteiger partial charge is 0.387 e. The van der Waals surface area contributed by atoms with E-state index in [1.54, 1.807) is 10.7 Å². The van der Waals surface area contributed by atoms with E-state index in [2.05, 4.69) is 9.84 Å². The molecule has 0 saturated carbocycles. The summed E-state index contributed by atoms with van der Waals surface area (Å²) in [7, 11) is 0. The van der Waals surface area contributed by atoms with E-state index < -0.39 is 18.9 Å². The Morgan fingerprint density at radius 1 is 1.19 bits per heavy atom. The standard InChI is InChI=1S/C14H15F3N2O2/c15-14(16,17)10-21-9-7-13(20)12-6-8-18-19(12)11-4-2-1-3-5-11/h1-6,8,13,20H,7,9-10H2. The molecule has 1 atom stereocenters. The molecule has 0 aliphatic heterocycles. The van der Waals surface area contributed by atoms with Gasteiger partial charge in [0.25, 0.3) is 0 Å². The average molecular weight is 300 g/mol. The number of benzene rings is 1. The molecular weight excluding hydrogens is 285 g/mol. The van der Waals surface area contributed by atoms with E-state index in [-0.39, 0.29) is 13.0 Å². The average Bonchev–Trinajstić information content (AvgIpc) is 2.93. The lowest BCUT2D eigenvalue weighted by Gasteiger charge is -2.14. The number of hydrogen-bond acceptors (Lipinski definition) is 3. The molecule has 1 N–H and O–H groups in total. The summed E-state index contributed by atoms with van der Waals surface area (Å²) >= 11 is 0. The number of nitrogens with zero attached hydrogens (tertiary/aromatic N) is 2. The minimum Gasteiger partial charge on any atom is -0.387 e. The number of ether oxygens (including phenoxy) is 1. The molecule has 21 heavy (non-hydrogen) atoms. The lowest BCUT2D eigenvalue weighted by atomic mass is 10.2. The summed E-state index contributed by atoms with van der Waals surface area (Å²) in [6.45, 7) is -1.49. The Labute approximate surface area is 119 Å². The molecule has 0 bridgehead atoms. The van der Waals surface area contributed by atoms with Gasteiger partial charge < -0.3 is 9.84 Å². The van der Waals surface area contributed by atoms with Crippen molar-refractivity contribution in [1.29, 1.82) is 0 Å². The van der Waals surface area contributed by atoms with Crippen LogP contribution >= 0.6 is 0 Å². The summed E-state index contributed by atoms with van der Waals surface area (Å²) in [5.74, 6) is 0. The summed E-state index contributed by atoms with van der Waals surface area (Å²) in [5.41, 5.74) is 1.28. The molecule has 0 spiro atoms. The zero-order chi connectivity index (χ0) is 15.3. The number of aromatic nitrogens is 2. The second kappa shape index (κ2) is 6.73. The number of hydrogen-bond donors (Lipinski definition) is 1. The van der Waals surface area contributed by atoms with Crippen LogP contribution in [-0.2, 0) is 4.74 Å². The van der Waals surface area contributed by atoms with Crippen LogP contribution in [0.4, 0.5) is 13.2 Å². The van der Waals surface area contributed by atoms with Gasteiger partial charge in [0.2, 0.25) is 0 Å². The highest BCUT2D eigenvalue weighted by Gasteiger charge is 2.27. The van der Waals surface area contributed by atoms with Crippen molar-refractivity contribution in [2.75, 3.05) is 13.2 Å². The summed E-state index contributed by atoms with van der Waals surface area (Å²) < 4.78 is 41.9. The molecule has 0 radical (unpaired) electrons. The highest BCUT2D eigenvalue weighted by Crippen LogP contribution is 2.20. The van der Waals surface area contributed by atoms with Crippen molar-refractivity contribution in [3.63, 3.8) is 0 Å². The molecule has 1 aromatic heterocycles. The molecule has 114 valence electrons. The van der Waals surface area contributed by atoms with E-state index in [4.69, 9.17) is 0 Å². The van der Waals surface area contributed by atoms with Gasteiger partial charge in [-0.2, -0.15) is 18.3 Å². The summed E-state index contributed by atoms with van der Waals surface area (Å²) in [4.78, 5) is 0. The first kappa shape index (κ1) is 15.5. The van der Waals surface area contributed by atoms with Gasteiger partial charge in [-0.1, -0.05) is 18.2 Å². The van der Waals surface area contributed by atoms with Crippen molar-refractivity contribution < 1.29 is 23.0 Å². The zero-order valence-corrected chi connectivity index (χ0v) is 11.1. The maximum Gasteiger partial charge on any atom is 0.411 e. The number of para-hydroxylation sites is 1. The lowest BCUT2D eigenvalue weighted by molar-refractivity contribution is -0.175. The monoisotopic (exact) mass is 300 g/mol. The van der Waals surface area contributed by atoms with Crippen molar-refractivity contribution in [1.82, 2.24) is 9.78 Å². The fraction of sp³-hybridized carbons (Fsp3) is 0.357. The van der Waals surface area contributed by atoms with Crippen LogP contribution in [-0.4, -0.2) is 34.3 Å². The van der Waals surface area contributed by atoms with Gasteiger partial charge in [0.05, 0.1) is 17.5 Å². The number of rotatable bonds is 6. The van der Waals surface area contributed by atoms with Crippen LogP contribution in [0.15, 0.2) is 42.6 Å². The lowest BCUT2D eigenvalue weighted by Crippen LogP contribution is -2.18. The minimum atomic E-state index is -4.35. The van der Waals surface area contributed by atoms with E-state index in [0.717, 1.165) is 5.69 Å². The zero-order valence-electron chi connectivity index (χ0n) is 11.1. The largest absolute Gasteiger partial charge is 0.411 e. The summed E-state index contributed by atoms with van der Waals surface area (Å²) in [6, 6.07) is 10.8. The Balaban J connectivity index is 1.95. The van der Waals surface area contributed by atoms with Crippen LogP contribution in [0.1, 0.15) is 18.2 Å². The van der Waals surface area contributed by atoms with E-state index >= 15 is 0 Å². The topological polar surface area (TPSA) is 47.3 Å². The molecule has 7 heteroatoms. The fourth-order valence-corrected chi connectivity index (χ4v) is 1.88. The maximum atomic E-state index is 11.9. The SMILES string of the molecule is OC(CCOCC(F)(F)F)c1ccnn1-c1ccccc1. The third-order valence-electron chi connectivity index (χ3n) is 2.82. The molecular formula is C14H15F3N2O2. The minimum absolute atomic E-state index is 0.0641. The first-order chi connectivity index (χ1) is 9.97. The normalized spacial score (nSPS) is 13.3. The molecule has 0 aliphatic rings. The van der Waals surface area contributed by atoms with Crippen LogP contribution in [0, 0.1) is 0 Å². The number of aliphatic hydroxyl groups excluding tert-OH is 1. The molecule has 1 unspecified atom stereocenters. The Hall–Kier alpha value is -1.86. The van der Waals surface area contributed by atoms with Crippen LogP contribution in [0.5, 0.6) is 0 Å². The first-order valence-electron chi connectivity index (χ1n) is 6.39. The molecule has 0 saturated heterocycles. The van der Waals surface area contributed by atoms with Gasteiger partial charge in [-0.05, 0) is 18.2 Å². The van der Waals surface area contributed by atoms with Gasteiger partial charge >= 0.3 is 6.18 Å².